The van der Waals surface area contributed by atoms with E-state index in [0.717, 1.165) is 25.9 Å². The second-order valence-corrected chi connectivity index (χ2v) is 4.47. The van der Waals surface area contributed by atoms with Crippen molar-refractivity contribution in [1.82, 2.24) is 4.90 Å². The summed E-state index contributed by atoms with van der Waals surface area (Å²) in [5.74, 6) is -4.48. The first-order chi connectivity index (χ1) is 6.97. The lowest BCUT2D eigenvalue weighted by atomic mass is 9.86. The highest BCUT2D eigenvalue weighted by Crippen LogP contribution is 2.30. The Kier molecular flexibility index (Phi) is 2.66. The molecule has 3 saturated heterocycles. The number of ether oxygens (including phenoxy) is 1. The molecule has 86 valence electrons. The lowest BCUT2D eigenvalue weighted by Gasteiger charge is -2.44. The maximum absolute atomic E-state index is 12.6. The zero-order valence-corrected chi connectivity index (χ0v) is 8.71. The number of hydrogen-bond donors (Lipinski definition) is 0. The summed E-state index contributed by atoms with van der Waals surface area (Å²) in [6, 6.07) is 0. The molecular formula is C10H15F2NO2. The van der Waals surface area contributed by atoms with E-state index >= 15 is 0 Å². The van der Waals surface area contributed by atoms with E-state index in [1.54, 1.807) is 0 Å². The normalized spacial score (nSPS) is 35.3. The number of carbonyl (C=O) groups excluding carboxylic acids is 1. The molecule has 0 spiro atoms. The summed E-state index contributed by atoms with van der Waals surface area (Å²) >= 11 is 0. The third kappa shape index (κ3) is 2.27. The molecule has 0 aromatic carbocycles. The smallest absolute Gasteiger partial charge is 0.376 e. The Morgan fingerprint density at radius 1 is 1.40 bits per heavy atom. The second kappa shape index (κ2) is 3.70. The maximum Gasteiger partial charge on any atom is 0.376 e. The van der Waals surface area contributed by atoms with E-state index in [1.807, 2.05) is 0 Å². The molecule has 1 unspecified atom stereocenters. The van der Waals surface area contributed by atoms with E-state index in [9.17, 15) is 13.6 Å². The van der Waals surface area contributed by atoms with Gasteiger partial charge in [0.15, 0.2) is 0 Å². The SMILES string of the molecule is CC(F)(F)C(=O)OC1CN2CCC1CC2. The molecule has 0 aromatic rings. The number of carbonyl (C=O) groups is 1. The van der Waals surface area contributed by atoms with Gasteiger partial charge in [-0.1, -0.05) is 0 Å². The van der Waals surface area contributed by atoms with Gasteiger partial charge in [0.2, 0.25) is 0 Å². The average Bonchev–Trinajstić information content (AvgIpc) is 2.18. The predicted octanol–water partition coefficient (Wildman–Crippen LogP) is 1.28. The molecular weight excluding hydrogens is 204 g/mol. The van der Waals surface area contributed by atoms with Gasteiger partial charge in [-0.15, -0.1) is 0 Å². The number of piperidine rings is 3. The van der Waals surface area contributed by atoms with Crippen molar-refractivity contribution in [3.63, 3.8) is 0 Å². The molecule has 0 N–H and O–H groups in total. The quantitative estimate of drug-likeness (QED) is 0.655. The zero-order chi connectivity index (χ0) is 11.1. The monoisotopic (exact) mass is 219 g/mol. The Hall–Kier alpha value is -0.710. The fourth-order valence-corrected chi connectivity index (χ4v) is 2.29. The number of esters is 1. The number of halogens is 2. The second-order valence-electron chi connectivity index (χ2n) is 4.47. The van der Waals surface area contributed by atoms with Crippen LogP contribution in [0.5, 0.6) is 0 Å². The molecule has 5 heteroatoms. The van der Waals surface area contributed by atoms with Crippen LogP contribution in [0, 0.1) is 5.92 Å². The van der Waals surface area contributed by atoms with Gasteiger partial charge in [0.05, 0.1) is 0 Å². The Bertz CT molecular complexity index is 257. The molecule has 3 rings (SSSR count). The molecule has 0 aliphatic carbocycles. The van der Waals surface area contributed by atoms with Gasteiger partial charge in [-0.25, -0.2) is 4.79 Å². The highest BCUT2D eigenvalue weighted by atomic mass is 19.3. The lowest BCUT2D eigenvalue weighted by Crippen LogP contribution is -2.52. The highest BCUT2D eigenvalue weighted by molar-refractivity contribution is 5.77. The summed E-state index contributed by atoms with van der Waals surface area (Å²) in [7, 11) is 0. The van der Waals surface area contributed by atoms with E-state index in [2.05, 4.69) is 4.90 Å². The number of alkyl halides is 2. The Morgan fingerprint density at radius 3 is 2.40 bits per heavy atom. The van der Waals surface area contributed by atoms with Crippen LogP contribution in [0.15, 0.2) is 0 Å². The lowest BCUT2D eigenvalue weighted by molar-refractivity contribution is -0.183. The van der Waals surface area contributed by atoms with Crippen LogP contribution < -0.4 is 0 Å². The van der Waals surface area contributed by atoms with Gasteiger partial charge >= 0.3 is 11.9 Å². The van der Waals surface area contributed by atoms with Gasteiger partial charge in [0.25, 0.3) is 0 Å². The van der Waals surface area contributed by atoms with Gasteiger partial charge in [-0.05, 0) is 31.8 Å². The van der Waals surface area contributed by atoms with E-state index in [4.69, 9.17) is 4.74 Å². The summed E-state index contributed by atoms with van der Waals surface area (Å²) < 4.78 is 30.1. The summed E-state index contributed by atoms with van der Waals surface area (Å²) in [6.07, 6.45) is 1.58. The van der Waals surface area contributed by atoms with Gasteiger partial charge in [-0.3, -0.25) is 4.90 Å². The molecule has 1 atom stereocenters. The van der Waals surface area contributed by atoms with Crippen LogP contribution >= 0.6 is 0 Å². The standard InChI is InChI=1S/C10H15F2NO2/c1-10(11,12)9(14)15-8-6-13-4-2-7(8)3-5-13/h7-8H,2-6H2,1H3. The minimum atomic E-state index is -3.37. The van der Waals surface area contributed by atoms with Crippen LogP contribution in [0.25, 0.3) is 0 Å². The fraction of sp³-hybridized carbons (Fsp3) is 0.900. The summed E-state index contributed by atoms with van der Waals surface area (Å²) in [5.41, 5.74) is 0. The molecule has 3 nitrogen and oxygen atoms in total. The Morgan fingerprint density at radius 2 is 2.00 bits per heavy atom. The molecule has 0 amide bonds. The number of rotatable bonds is 2. The van der Waals surface area contributed by atoms with Crippen LogP contribution in [-0.2, 0) is 9.53 Å². The topological polar surface area (TPSA) is 29.5 Å². The zero-order valence-electron chi connectivity index (χ0n) is 8.71. The van der Waals surface area contributed by atoms with E-state index in [0.29, 0.717) is 13.5 Å². The third-order valence-electron chi connectivity index (χ3n) is 3.21. The first-order valence-electron chi connectivity index (χ1n) is 5.28. The average molecular weight is 219 g/mol. The largest absolute Gasteiger partial charge is 0.456 e. The van der Waals surface area contributed by atoms with Crippen LogP contribution in [0.1, 0.15) is 19.8 Å². The van der Waals surface area contributed by atoms with Crippen molar-refractivity contribution in [2.24, 2.45) is 5.92 Å². The van der Waals surface area contributed by atoms with Gasteiger partial charge < -0.3 is 4.74 Å². The van der Waals surface area contributed by atoms with Gasteiger partial charge in [-0.2, -0.15) is 8.78 Å². The van der Waals surface area contributed by atoms with E-state index in [1.165, 1.54) is 0 Å². The van der Waals surface area contributed by atoms with E-state index < -0.39 is 11.9 Å². The highest BCUT2D eigenvalue weighted by Gasteiger charge is 2.41. The molecule has 0 radical (unpaired) electrons. The van der Waals surface area contributed by atoms with Gasteiger partial charge in [0, 0.05) is 13.5 Å². The molecule has 3 fully saturated rings. The summed E-state index contributed by atoms with van der Waals surface area (Å²) in [6.45, 7) is 3.20. The molecule has 3 aliphatic heterocycles. The Labute approximate surface area is 87.4 Å². The molecule has 3 aliphatic rings. The van der Waals surface area contributed by atoms with Gasteiger partial charge in [0.1, 0.15) is 6.10 Å². The minimum Gasteiger partial charge on any atom is -0.456 e. The van der Waals surface area contributed by atoms with Crippen LogP contribution in [-0.4, -0.2) is 42.5 Å². The van der Waals surface area contributed by atoms with Crippen molar-refractivity contribution < 1.29 is 18.3 Å². The Balaban J connectivity index is 1.93. The summed E-state index contributed by atoms with van der Waals surface area (Å²) in [5, 5.41) is 0. The minimum absolute atomic E-state index is 0.279. The first kappa shape index (κ1) is 10.8. The number of fused-ring (bicyclic) bond motifs is 3. The maximum atomic E-state index is 12.6. The van der Waals surface area contributed by atoms with Crippen molar-refractivity contribution in [3.8, 4) is 0 Å². The van der Waals surface area contributed by atoms with Crippen molar-refractivity contribution in [2.75, 3.05) is 19.6 Å². The number of nitrogens with zero attached hydrogens (tertiary/aromatic N) is 1. The molecule has 2 bridgehead atoms. The van der Waals surface area contributed by atoms with Crippen LogP contribution in [0.4, 0.5) is 8.78 Å². The summed E-state index contributed by atoms with van der Waals surface area (Å²) in [4.78, 5) is 13.2. The molecule has 15 heavy (non-hydrogen) atoms. The fourth-order valence-electron chi connectivity index (χ4n) is 2.29. The van der Waals surface area contributed by atoms with Crippen LogP contribution in [0.3, 0.4) is 0 Å². The third-order valence-corrected chi connectivity index (χ3v) is 3.21. The van der Waals surface area contributed by atoms with Crippen molar-refractivity contribution in [3.05, 3.63) is 0 Å². The predicted molar refractivity (Wildman–Crippen MR) is 49.7 cm³/mol. The van der Waals surface area contributed by atoms with Crippen molar-refractivity contribution in [2.45, 2.75) is 31.8 Å². The van der Waals surface area contributed by atoms with Crippen LogP contribution in [0.2, 0.25) is 0 Å². The molecule has 3 heterocycles. The molecule has 0 saturated carbocycles. The first-order valence-corrected chi connectivity index (χ1v) is 5.28. The van der Waals surface area contributed by atoms with Crippen molar-refractivity contribution in [1.29, 1.82) is 0 Å². The number of hydrogen-bond acceptors (Lipinski definition) is 3. The van der Waals surface area contributed by atoms with Crippen molar-refractivity contribution >= 4 is 5.97 Å². The van der Waals surface area contributed by atoms with E-state index in [-0.39, 0.29) is 12.0 Å². The molecule has 0 aromatic heterocycles.